The van der Waals surface area contributed by atoms with Crippen LogP contribution in [0.4, 0.5) is 10.2 Å². The highest BCUT2D eigenvalue weighted by atomic mass is 19.1. The van der Waals surface area contributed by atoms with E-state index in [0.717, 1.165) is 18.5 Å². The van der Waals surface area contributed by atoms with Crippen molar-refractivity contribution < 1.29 is 14.2 Å². The molecule has 3 aromatic rings. The molecule has 0 amide bonds. The van der Waals surface area contributed by atoms with Gasteiger partial charge in [-0.3, -0.25) is 0 Å². The second-order valence-electron chi connectivity index (χ2n) is 7.62. The van der Waals surface area contributed by atoms with Crippen molar-refractivity contribution in [2.75, 3.05) is 25.9 Å². The van der Waals surface area contributed by atoms with Crippen molar-refractivity contribution in [3.05, 3.63) is 35.4 Å². The summed E-state index contributed by atoms with van der Waals surface area (Å²) in [6.45, 7) is 2.13. The lowest BCUT2D eigenvalue weighted by Gasteiger charge is -2.10. The molecule has 0 radical (unpaired) electrons. The average Bonchev–Trinajstić information content (AvgIpc) is 3.55. The molecule has 1 aliphatic heterocycles. The molecule has 1 saturated carbocycles. The van der Waals surface area contributed by atoms with E-state index in [9.17, 15) is 4.39 Å². The highest BCUT2D eigenvalue weighted by molar-refractivity contribution is 5.63. The molecular weight excluding hydrogens is 387 g/mol. The van der Waals surface area contributed by atoms with E-state index in [-0.39, 0.29) is 23.7 Å². The normalized spacial score (nSPS) is 16.2. The minimum atomic E-state index is -0.583. The number of fused-ring (bicyclic) bond motifs is 1. The first-order chi connectivity index (χ1) is 14.6. The van der Waals surface area contributed by atoms with Crippen LogP contribution in [0.2, 0.25) is 0 Å². The number of aliphatic hydroxyl groups is 1. The number of halogens is 1. The number of nitrogens with two attached hydrogens (primary N) is 1. The molecule has 0 atom stereocenters. The van der Waals surface area contributed by atoms with Gasteiger partial charge in [0.15, 0.2) is 11.5 Å². The van der Waals surface area contributed by atoms with Gasteiger partial charge in [0, 0.05) is 17.5 Å². The van der Waals surface area contributed by atoms with E-state index in [0.29, 0.717) is 23.0 Å². The predicted molar refractivity (Wildman–Crippen MR) is 112 cm³/mol. The lowest BCUT2D eigenvalue weighted by Crippen LogP contribution is -2.21. The molecule has 9 heteroatoms. The zero-order valence-corrected chi connectivity index (χ0v) is 17.1. The number of methoxy groups -OCH3 is 1. The number of ether oxygens (including phenoxy) is 1. The first kappa shape index (κ1) is 20.5. The van der Waals surface area contributed by atoms with Crippen molar-refractivity contribution in [3.63, 3.8) is 0 Å². The standard InChI is InChI=1S/C16H16FN5O2.C5H11N/c1-24-12-5-13-19-6-11(22(13)21-14(12)8-2-3-8)15-10(17)4-9(7-23)16(18)20-15;1-2-4-6-5-3-1/h4-6,8,23H,2-3,7H2,1H3,(H2,18,20);6H,1-5H2. The molecule has 2 aliphatic rings. The summed E-state index contributed by atoms with van der Waals surface area (Å²) in [6.07, 6.45) is 7.84. The topological polar surface area (TPSA) is 111 Å². The van der Waals surface area contributed by atoms with E-state index in [1.807, 2.05) is 0 Å². The first-order valence-electron chi connectivity index (χ1n) is 10.3. The maximum absolute atomic E-state index is 14.4. The Morgan fingerprint density at radius 1 is 1.27 bits per heavy atom. The minimum Gasteiger partial charge on any atom is -0.495 e. The molecule has 1 aliphatic carbocycles. The molecule has 0 spiro atoms. The van der Waals surface area contributed by atoms with Gasteiger partial charge in [-0.25, -0.2) is 18.9 Å². The Balaban J connectivity index is 0.000000313. The largest absolute Gasteiger partial charge is 0.495 e. The first-order valence-corrected chi connectivity index (χ1v) is 10.3. The van der Waals surface area contributed by atoms with Crippen LogP contribution in [0, 0.1) is 5.82 Å². The van der Waals surface area contributed by atoms with Gasteiger partial charge in [0.25, 0.3) is 0 Å². The Morgan fingerprint density at radius 3 is 2.60 bits per heavy atom. The van der Waals surface area contributed by atoms with E-state index in [1.54, 1.807) is 17.7 Å². The highest BCUT2D eigenvalue weighted by Crippen LogP contribution is 2.43. The molecule has 4 N–H and O–H groups in total. The molecule has 1 saturated heterocycles. The van der Waals surface area contributed by atoms with Gasteiger partial charge in [-0.05, 0) is 44.8 Å². The zero-order valence-electron chi connectivity index (χ0n) is 17.1. The molecule has 4 heterocycles. The number of aliphatic hydroxyl groups excluding tert-OH is 1. The summed E-state index contributed by atoms with van der Waals surface area (Å²) in [7, 11) is 1.60. The summed E-state index contributed by atoms with van der Waals surface area (Å²) in [4.78, 5) is 8.34. The lowest BCUT2D eigenvalue weighted by atomic mass is 10.2. The van der Waals surface area contributed by atoms with Crippen molar-refractivity contribution >= 4 is 11.5 Å². The number of imidazole rings is 1. The number of aromatic nitrogens is 4. The van der Waals surface area contributed by atoms with Gasteiger partial charge in [0.2, 0.25) is 0 Å². The summed E-state index contributed by atoms with van der Waals surface area (Å²) in [5.74, 6) is 0.547. The number of pyridine rings is 1. The van der Waals surface area contributed by atoms with Gasteiger partial charge < -0.3 is 20.9 Å². The number of nitrogen functional groups attached to an aromatic ring is 1. The molecule has 0 aromatic carbocycles. The van der Waals surface area contributed by atoms with Crippen LogP contribution in [-0.2, 0) is 6.61 Å². The molecule has 0 bridgehead atoms. The van der Waals surface area contributed by atoms with Crippen molar-refractivity contribution in [1.82, 2.24) is 24.9 Å². The summed E-state index contributed by atoms with van der Waals surface area (Å²) < 4.78 is 21.3. The zero-order chi connectivity index (χ0) is 21.1. The quantitative estimate of drug-likeness (QED) is 0.602. The van der Waals surface area contributed by atoms with Crippen LogP contribution in [0.5, 0.6) is 5.75 Å². The number of hydrogen-bond acceptors (Lipinski definition) is 7. The van der Waals surface area contributed by atoms with Gasteiger partial charge in [-0.1, -0.05) is 6.42 Å². The van der Waals surface area contributed by atoms with Gasteiger partial charge in [-0.15, -0.1) is 0 Å². The second-order valence-corrected chi connectivity index (χ2v) is 7.62. The number of hydrogen-bond donors (Lipinski definition) is 3. The van der Waals surface area contributed by atoms with Gasteiger partial charge in [-0.2, -0.15) is 5.10 Å². The van der Waals surface area contributed by atoms with Crippen molar-refractivity contribution in [2.24, 2.45) is 0 Å². The molecule has 2 fully saturated rings. The van der Waals surface area contributed by atoms with Gasteiger partial charge in [0.05, 0.1) is 19.9 Å². The van der Waals surface area contributed by atoms with Crippen LogP contribution in [-0.4, -0.2) is 44.9 Å². The second kappa shape index (κ2) is 8.93. The van der Waals surface area contributed by atoms with Gasteiger partial charge >= 0.3 is 0 Å². The van der Waals surface area contributed by atoms with E-state index in [1.165, 1.54) is 44.6 Å². The Morgan fingerprint density at radius 2 is 2.03 bits per heavy atom. The molecule has 3 aromatic heterocycles. The summed E-state index contributed by atoms with van der Waals surface area (Å²) in [6, 6.07) is 2.97. The average molecular weight is 414 g/mol. The smallest absolute Gasteiger partial charge is 0.157 e. The molecular formula is C21H27FN6O2. The Kier molecular flexibility index (Phi) is 6.10. The molecule has 5 rings (SSSR count). The Bertz CT molecular complexity index is 1020. The third-order valence-corrected chi connectivity index (χ3v) is 5.38. The minimum absolute atomic E-state index is 0.0524. The fraction of sp³-hybridized carbons (Fsp3) is 0.476. The third-order valence-electron chi connectivity index (χ3n) is 5.38. The van der Waals surface area contributed by atoms with E-state index in [4.69, 9.17) is 15.6 Å². The summed E-state index contributed by atoms with van der Waals surface area (Å²) >= 11 is 0. The predicted octanol–water partition coefficient (Wildman–Crippen LogP) is 2.65. The number of anilines is 1. The fourth-order valence-corrected chi connectivity index (χ4v) is 3.53. The van der Waals surface area contributed by atoms with Crippen molar-refractivity contribution in [3.8, 4) is 17.1 Å². The van der Waals surface area contributed by atoms with E-state index < -0.39 is 5.82 Å². The number of nitrogens with zero attached hydrogens (tertiary/aromatic N) is 4. The van der Waals surface area contributed by atoms with Crippen LogP contribution in [0.1, 0.15) is 49.3 Å². The fourth-order valence-electron chi connectivity index (χ4n) is 3.53. The highest BCUT2D eigenvalue weighted by Gasteiger charge is 2.30. The Labute approximate surface area is 174 Å². The third kappa shape index (κ3) is 4.22. The van der Waals surface area contributed by atoms with Crippen LogP contribution in [0.15, 0.2) is 18.3 Å². The molecule has 0 unspecified atom stereocenters. The van der Waals surface area contributed by atoms with E-state index >= 15 is 0 Å². The molecule has 160 valence electrons. The lowest BCUT2D eigenvalue weighted by molar-refractivity contribution is 0.281. The summed E-state index contributed by atoms with van der Waals surface area (Å²) in [5, 5.41) is 17.0. The van der Waals surface area contributed by atoms with Crippen LogP contribution < -0.4 is 15.8 Å². The van der Waals surface area contributed by atoms with Crippen LogP contribution in [0.25, 0.3) is 17.0 Å². The van der Waals surface area contributed by atoms with Crippen LogP contribution in [0.3, 0.4) is 0 Å². The number of piperidine rings is 1. The SMILES string of the molecule is C1CCNCC1.COc1cc2ncc(-c3nc(N)c(CO)cc3F)n2nc1C1CC1. The van der Waals surface area contributed by atoms with Crippen LogP contribution >= 0.6 is 0 Å². The monoisotopic (exact) mass is 414 g/mol. The van der Waals surface area contributed by atoms with Crippen molar-refractivity contribution in [1.29, 1.82) is 0 Å². The summed E-state index contributed by atoms with van der Waals surface area (Å²) in [5.41, 5.74) is 7.86. The number of nitrogens with one attached hydrogen (secondary N) is 1. The Hall–Kier alpha value is -2.78. The number of rotatable bonds is 4. The maximum atomic E-state index is 14.4. The van der Waals surface area contributed by atoms with Gasteiger partial charge in [0.1, 0.15) is 28.6 Å². The maximum Gasteiger partial charge on any atom is 0.157 e. The van der Waals surface area contributed by atoms with E-state index in [2.05, 4.69) is 20.4 Å². The molecule has 30 heavy (non-hydrogen) atoms. The van der Waals surface area contributed by atoms with Crippen molar-refractivity contribution in [2.45, 2.75) is 44.6 Å². The molecule has 8 nitrogen and oxygen atoms in total.